The van der Waals surface area contributed by atoms with Crippen LogP contribution in [-0.4, -0.2) is 81.0 Å². The number of piperidine rings is 1. The van der Waals surface area contributed by atoms with Gasteiger partial charge in [-0.05, 0) is 94.9 Å². The Morgan fingerprint density at radius 1 is 1.02 bits per heavy atom. The summed E-state index contributed by atoms with van der Waals surface area (Å²) < 4.78 is 62.0. The largest absolute Gasteiger partial charge is 0.490 e. The zero-order valence-electron chi connectivity index (χ0n) is 25.3. The Bertz CT molecular complexity index is 1540. The number of amides is 1. The third kappa shape index (κ3) is 7.99. The van der Waals surface area contributed by atoms with Crippen LogP contribution in [-0.2, 0) is 9.59 Å². The average Bonchev–Trinajstić information content (AvgIpc) is 3.58. The Balaban J connectivity index is 0.000000591. The molecule has 1 amide bonds. The number of likely N-dealkylation sites (tertiary alicyclic amines) is 1. The predicted molar refractivity (Wildman–Crippen MR) is 157 cm³/mol. The van der Waals surface area contributed by atoms with E-state index in [0.29, 0.717) is 42.3 Å². The van der Waals surface area contributed by atoms with E-state index in [4.69, 9.17) is 26.5 Å². The molecular weight excluding hydrogens is 621 g/mol. The first-order chi connectivity index (χ1) is 21.1. The Labute approximate surface area is 262 Å². The van der Waals surface area contributed by atoms with Gasteiger partial charge in [-0.1, -0.05) is 17.7 Å². The maximum atomic E-state index is 14.8. The van der Waals surface area contributed by atoms with Gasteiger partial charge < -0.3 is 14.9 Å². The van der Waals surface area contributed by atoms with Crippen LogP contribution in [0.2, 0.25) is 5.02 Å². The Kier molecular flexibility index (Phi) is 10.5. The molecule has 0 radical (unpaired) electrons. The van der Waals surface area contributed by atoms with E-state index < -0.39 is 23.8 Å². The van der Waals surface area contributed by atoms with Crippen LogP contribution in [0.5, 0.6) is 0 Å². The monoisotopic (exact) mass is 655 g/mol. The molecule has 0 spiro atoms. The van der Waals surface area contributed by atoms with Crippen LogP contribution in [0.25, 0.3) is 5.69 Å². The van der Waals surface area contributed by atoms with E-state index in [0.717, 1.165) is 36.0 Å². The topological polar surface area (TPSA) is 91.6 Å². The molecular formula is C31H35ClF5N5O3. The van der Waals surface area contributed by atoms with Crippen LogP contribution in [0.3, 0.4) is 0 Å². The molecule has 1 saturated heterocycles. The molecule has 8 nitrogen and oxygen atoms in total. The second kappa shape index (κ2) is 13.8. The summed E-state index contributed by atoms with van der Waals surface area (Å²) in [5.74, 6) is -2.70. The van der Waals surface area contributed by atoms with Crippen molar-refractivity contribution in [3.05, 3.63) is 75.8 Å². The van der Waals surface area contributed by atoms with Gasteiger partial charge in [-0.15, -0.1) is 0 Å². The lowest BCUT2D eigenvalue weighted by Crippen LogP contribution is -2.42. The first kappa shape index (κ1) is 34.3. The SMILES string of the molecule is Cc1nc(C2CCN(C(=O)[C@@H]3C[C@H](N(C)C)C[C@H]3c3ccc(F)cc3F)CC2)n(-c2ccc(Cl)c(C)c2)n1.O=C(O)C(F)(F)F. The highest BCUT2D eigenvalue weighted by atomic mass is 35.5. The van der Waals surface area contributed by atoms with Crippen molar-refractivity contribution in [2.75, 3.05) is 27.2 Å². The number of carboxylic acid groups (broad SMARTS) is 1. The molecule has 2 aliphatic rings. The van der Waals surface area contributed by atoms with Crippen LogP contribution in [0.15, 0.2) is 36.4 Å². The molecule has 1 aliphatic heterocycles. The van der Waals surface area contributed by atoms with E-state index in [1.54, 1.807) is 0 Å². The molecule has 2 aromatic carbocycles. The molecule has 2 heterocycles. The van der Waals surface area contributed by atoms with Gasteiger partial charge in [0.05, 0.1) is 5.69 Å². The van der Waals surface area contributed by atoms with Crippen molar-refractivity contribution in [1.82, 2.24) is 24.6 Å². The van der Waals surface area contributed by atoms with Crippen molar-refractivity contribution in [3.8, 4) is 5.69 Å². The van der Waals surface area contributed by atoms with Crippen molar-refractivity contribution in [1.29, 1.82) is 0 Å². The van der Waals surface area contributed by atoms with Crippen molar-refractivity contribution < 1.29 is 36.6 Å². The Hall–Kier alpha value is -3.58. The van der Waals surface area contributed by atoms with Gasteiger partial charge in [-0.2, -0.15) is 18.3 Å². The minimum atomic E-state index is -5.08. The van der Waals surface area contributed by atoms with Crippen LogP contribution in [0, 0.1) is 31.4 Å². The minimum Gasteiger partial charge on any atom is -0.475 e. The smallest absolute Gasteiger partial charge is 0.475 e. The molecule has 1 saturated carbocycles. The van der Waals surface area contributed by atoms with E-state index in [-0.39, 0.29) is 29.7 Å². The summed E-state index contributed by atoms with van der Waals surface area (Å²) in [6.45, 7) is 5.07. The number of alkyl halides is 3. The second-order valence-electron chi connectivity index (χ2n) is 11.7. The summed E-state index contributed by atoms with van der Waals surface area (Å²) in [7, 11) is 3.98. The third-order valence-electron chi connectivity index (χ3n) is 8.49. The number of benzene rings is 2. The van der Waals surface area contributed by atoms with Crippen LogP contribution >= 0.6 is 11.6 Å². The van der Waals surface area contributed by atoms with E-state index in [9.17, 15) is 26.7 Å². The summed E-state index contributed by atoms with van der Waals surface area (Å²) in [6.07, 6.45) is -2.20. The number of hydrogen-bond donors (Lipinski definition) is 1. The minimum absolute atomic E-state index is 0.0625. The number of carbonyl (C=O) groups excluding carboxylic acids is 1. The van der Waals surface area contributed by atoms with Gasteiger partial charge in [0.25, 0.3) is 0 Å². The third-order valence-corrected chi connectivity index (χ3v) is 8.91. The van der Waals surface area contributed by atoms with Crippen LogP contribution in [0.1, 0.15) is 60.3 Å². The lowest BCUT2D eigenvalue weighted by Gasteiger charge is -2.34. The number of halogens is 6. The molecule has 0 bridgehead atoms. The predicted octanol–water partition coefficient (Wildman–Crippen LogP) is 6.28. The maximum absolute atomic E-state index is 14.8. The lowest BCUT2D eigenvalue weighted by molar-refractivity contribution is -0.192. The number of carboxylic acids is 1. The summed E-state index contributed by atoms with van der Waals surface area (Å²) >= 11 is 6.23. The molecule has 0 unspecified atom stereocenters. The van der Waals surface area contributed by atoms with E-state index in [2.05, 4.69) is 10.00 Å². The maximum Gasteiger partial charge on any atom is 0.490 e. The molecule has 1 N–H and O–H groups in total. The quantitative estimate of drug-likeness (QED) is 0.326. The molecule has 14 heteroatoms. The van der Waals surface area contributed by atoms with Crippen LogP contribution < -0.4 is 0 Å². The zero-order chi connectivity index (χ0) is 33.2. The number of hydrogen-bond acceptors (Lipinski definition) is 5. The number of aryl methyl sites for hydroxylation is 2. The summed E-state index contributed by atoms with van der Waals surface area (Å²) in [5, 5.41) is 12.5. The number of carbonyl (C=O) groups is 2. The van der Waals surface area contributed by atoms with Gasteiger partial charge >= 0.3 is 12.1 Å². The normalized spacial score (nSPS) is 20.7. The summed E-state index contributed by atoms with van der Waals surface area (Å²) in [5.41, 5.74) is 2.33. The van der Waals surface area contributed by atoms with Gasteiger partial charge in [0.1, 0.15) is 23.3 Å². The molecule has 45 heavy (non-hydrogen) atoms. The summed E-state index contributed by atoms with van der Waals surface area (Å²) in [6, 6.07) is 9.71. The number of aliphatic carboxylic acids is 1. The van der Waals surface area contributed by atoms with Crippen molar-refractivity contribution in [2.45, 2.75) is 63.6 Å². The fourth-order valence-corrected chi connectivity index (χ4v) is 6.21. The molecule has 1 aromatic heterocycles. The van der Waals surface area contributed by atoms with E-state index in [1.807, 2.05) is 55.7 Å². The Morgan fingerprint density at radius 2 is 1.67 bits per heavy atom. The second-order valence-corrected chi connectivity index (χ2v) is 12.1. The zero-order valence-corrected chi connectivity index (χ0v) is 26.0. The first-order valence-electron chi connectivity index (χ1n) is 14.5. The molecule has 3 atom stereocenters. The van der Waals surface area contributed by atoms with Gasteiger partial charge in [-0.25, -0.2) is 23.2 Å². The highest BCUT2D eigenvalue weighted by Crippen LogP contribution is 2.44. The number of rotatable bonds is 5. The van der Waals surface area contributed by atoms with Crippen molar-refractivity contribution >= 4 is 23.5 Å². The standard InChI is InChI=1S/C29H34ClF2N5O.C2HF3O2/c1-17-13-21(6-8-26(17)30)37-28(33-18(2)34-37)19-9-11-36(12-10-19)29(38)25-16-22(35(3)4)15-24(25)23-7-5-20(31)14-27(23)32;3-2(4,5)1(6)7/h5-8,13-14,19,22,24-25H,9-12,15-16H2,1-4H3;(H,6,7)/t22-,24+,25-;/m1./s1. The molecule has 1 aliphatic carbocycles. The first-order valence-corrected chi connectivity index (χ1v) is 14.8. The van der Waals surface area contributed by atoms with Gasteiger partial charge in [0, 0.05) is 42.1 Å². The molecule has 5 rings (SSSR count). The number of nitrogens with zero attached hydrogens (tertiary/aromatic N) is 5. The van der Waals surface area contributed by atoms with Crippen molar-refractivity contribution in [2.24, 2.45) is 5.92 Å². The van der Waals surface area contributed by atoms with Gasteiger partial charge in [-0.3, -0.25) is 4.79 Å². The molecule has 244 valence electrons. The fraction of sp³-hybridized carbons (Fsp3) is 0.484. The van der Waals surface area contributed by atoms with E-state index >= 15 is 0 Å². The van der Waals surface area contributed by atoms with Crippen LogP contribution in [0.4, 0.5) is 22.0 Å². The molecule has 2 fully saturated rings. The molecule has 3 aromatic rings. The highest BCUT2D eigenvalue weighted by molar-refractivity contribution is 6.31. The van der Waals surface area contributed by atoms with Gasteiger partial charge in [0.15, 0.2) is 0 Å². The summed E-state index contributed by atoms with van der Waals surface area (Å²) in [4.78, 5) is 31.5. The van der Waals surface area contributed by atoms with E-state index in [1.165, 1.54) is 12.1 Å². The fourth-order valence-electron chi connectivity index (χ4n) is 6.09. The van der Waals surface area contributed by atoms with Gasteiger partial charge in [0.2, 0.25) is 5.91 Å². The van der Waals surface area contributed by atoms with Crippen molar-refractivity contribution in [3.63, 3.8) is 0 Å². The number of aromatic nitrogens is 3. The Morgan fingerprint density at radius 3 is 2.22 bits per heavy atom. The lowest BCUT2D eigenvalue weighted by atomic mass is 9.86. The highest BCUT2D eigenvalue weighted by Gasteiger charge is 2.44. The average molecular weight is 656 g/mol.